The summed E-state index contributed by atoms with van der Waals surface area (Å²) >= 11 is 0. The molecule has 0 aromatic carbocycles. The highest BCUT2D eigenvalue weighted by Crippen LogP contribution is 2.09. The third-order valence-electron chi connectivity index (χ3n) is 2.99. The summed E-state index contributed by atoms with van der Waals surface area (Å²) < 4.78 is 6.91. The van der Waals surface area contributed by atoms with Crippen molar-refractivity contribution in [2.75, 3.05) is 6.61 Å². The Bertz CT molecular complexity index is 612. The van der Waals surface area contributed by atoms with Crippen LogP contribution in [0.5, 0.6) is 5.88 Å². The minimum atomic E-state index is -0.234. The van der Waals surface area contributed by atoms with Gasteiger partial charge in [-0.25, -0.2) is 4.79 Å². The van der Waals surface area contributed by atoms with Crippen LogP contribution in [0, 0.1) is 0 Å². The second kappa shape index (κ2) is 6.87. The topological polar surface area (TPSA) is 93.4 Å². The first-order valence-corrected chi connectivity index (χ1v) is 7.02. The molecule has 1 unspecified atom stereocenters. The Hall–Kier alpha value is -2.38. The fraction of sp³-hybridized carbons (Fsp3) is 0.538. The zero-order chi connectivity index (χ0) is 15.2. The van der Waals surface area contributed by atoms with E-state index in [0.29, 0.717) is 24.0 Å². The van der Waals surface area contributed by atoms with Crippen LogP contribution in [0.15, 0.2) is 12.1 Å². The molecule has 114 valence electrons. The molecule has 2 rings (SSSR count). The summed E-state index contributed by atoms with van der Waals surface area (Å²) in [5, 5.41) is 17.9. The molecule has 0 aliphatic heterocycles. The van der Waals surface area contributed by atoms with E-state index in [1.54, 1.807) is 16.6 Å². The molecule has 2 heterocycles. The summed E-state index contributed by atoms with van der Waals surface area (Å²) in [5.74, 6) is 1.04. The zero-order valence-electron chi connectivity index (χ0n) is 12.5. The number of rotatable bonds is 6. The van der Waals surface area contributed by atoms with Gasteiger partial charge in [-0.3, -0.25) is 0 Å². The average molecular weight is 292 g/mol. The number of carbonyl (C=O) groups is 1. The highest BCUT2D eigenvalue weighted by molar-refractivity contribution is 5.74. The lowest BCUT2D eigenvalue weighted by Gasteiger charge is -2.11. The van der Waals surface area contributed by atoms with Gasteiger partial charge in [0.15, 0.2) is 11.5 Å². The lowest BCUT2D eigenvalue weighted by molar-refractivity contribution is 0.236. The maximum atomic E-state index is 11.7. The van der Waals surface area contributed by atoms with Crippen molar-refractivity contribution in [3.63, 3.8) is 0 Å². The van der Waals surface area contributed by atoms with Crippen LogP contribution in [0.25, 0.3) is 5.65 Å². The van der Waals surface area contributed by atoms with Crippen LogP contribution in [-0.4, -0.2) is 38.5 Å². The van der Waals surface area contributed by atoms with Gasteiger partial charge in [0, 0.05) is 12.1 Å². The predicted molar refractivity (Wildman–Crippen MR) is 77.1 cm³/mol. The average Bonchev–Trinajstić information content (AvgIpc) is 2.88. The summed E-state index contributed by atoms with van der Waals surface area (Å²) in [5.41, 5.74) is 0.609. The number of ether oxygens (including phenoxy) is 1. The molecule has 21 heavy (non-hydrogen) atoms. The number of hydrogen-bond donors (Lipinski definition) is 2. The molecule has 0 spiro atoms. The molecule has 0 radical (unpaired) electrons. The Morgan fingerprint density at radius 3 is 2.90 bits per heavy atom. The van der Waals surface area contributed by atoms with E-state index in [4.69, 9.17) is 4.74 Å². The zero-order valence-corrected chi connectivity index (χ0v) is 12.5. The minimum Gasteiger partial charge on any atom is -0.477 e. The first-order valence-electron chi connectivity index (χ1n) is 7.02. The van der Waals surface area contributed by atoms with E-state index in [1.807, 2.05) is 20.8 Å². The third-order valence-corrected chi connectivity index (χ3v) is 2.99. The molecule has 1 atom stereocenters. The minimum absolute atomic E-state index is 0.128. The number of aromatic nitrogens is 4. The normalized spacial score (nSPS) is 12.1. The fourth-order valence-electron chi connectivity index (χ4n) is 1.69. The Kier molecular flexibility index (Phi) is 4.91. The van der Waals surface area contributed by atoms with Gasteiger partial charge in [-0.1, -0.05) is 6.92 Å². The molecule has 2 aromatic heterocycles. The van der Waals surface area contributed by atoms with Gasteiger partial charge < -0.3 is 15.4 Å². The SMILES string of the molecule is CCOc1ccc2nnc(CNC(=O)NC(C)CC)n2n1. The molecule has 2 aromatic rings. The van der Waals surface area contributed by atoms with Gasteiger partial charge in [0.25, 0.3) is 0 Å². The number of amides is 2. The summed E-state index contributed by atoms with van der Waals surface area (Å²) in [6, 6.07) is 3.40. The van der Waals surface area contributed by atoms with E-state index in [-0.39, 0.29) is 18.6 Å². The van der Waals surface area contributed by atoms with E-state index in [1.165, 1.54) is 0 Å². The van der Waals surface area contributed by atoms with Gasteiger partial charge >= 0.3 is 6.03 Å². The first-order chi connectivity index (χ1) is 10.1. The van der Waals surface area contributed by atoms with Gasteiger partial charge in [0.2, 0.25) is 5.88 Å². The number of nitrogens with zero attached hydrogens (tertiary/aromatic N) is 4. The van der Waals surface area contributed by atoms with Crippen LogP contribution in [0.2, 0.25) is 0 Å². The molecule has 8 heteroatoms. The predicted octanol–water partition coefficient (Wildman–Crippen LogP) is 1.12. The number of hydrogen-bond acceptors (Lipinski definition) is 5. The Balaban J connectivity index is 2.04. The van der Waals surface area contributed by atoms with E-state index in [0.717, 1.165) is 6.42 Å². The van der Waals surface area contributed by atoms with Crippen molar-refractivity contribution in [2.24, 2.45) is 0 Å². The van der Waals surface area contributed by atoms with Crippen molar-refractivity contribution >= 4 is 11.7 Å². The highest BCUT2D eigenvalue weighted by Gasteiger charge is 2.10. The second-order valence-corrected chi connectivity index (χ2v) is 4.63. The first kappa shape index (κ1) is 15.0. The van der Waals surface area contributed by atoms with E-state index >= 15 is 0 Å². The molecule has 2 amide bonds. The lowest BCUT2D eigenvalue weighted by Crippen LogP contribution is -2.40. The Morgan fingerprint density at radius 2 is 2.19 bits per heavy atom. The van der Waals surface area contributed by atoms with Crippen molar-refractivity contribution in [3.8, 4) is 5.88 Å². The quantitative estimate of drug-likeness (QED) is 0.832. The smallest absolute Gasteiger partial charge is 0.315 e. The molecule has 0 aliphatic rings. The van der Waals surface area contributed by atoms with Gasteiger partial charge in [0.05, 0.1) is 13.2 Å². The largest absolute Gasteiger partial charge is 0.477 e. The molecule has 0 fully saturated rings. The lowest BCUT2D eigenvalue weighted by atomic mass is 10.3. The second-order valence-electron chi connectivity index (χ2n) is 4.63. The molecule has 0 saturated heterocycles. The van der Waals surface area contributed by atoms with Crippen LogP contribution in [0.3, 0.4) is 0 Å². The maximum absolute atomic E-state index is 11.7. The molecule has 8 nitrogen and oxygen atoms in total. The molecule has 0 aliphatic carbocycles. The van der Waals surface area contributed by atoms with Crippen molar-refractivity contribution in [2.45, 2.75) is 39.8 Å². The number of urea groups is 1. The van der Waals surface area contributed by atoms with Crippen molar-refractivity contribution in [1.29, 1.82) is 0 Å². The summed E-state index contributed by atoms with van der Waals surface area (Å²) in [6.07, 6.45) is 0.876. The van der Waals surface area contributed by atoms with Gasteiger partial charge in [-0.15, -0.1) is 15.3 Å². The van der Waals surface area contributed by atoms with Crippen LogP contribution in [-0.2, 0) is 6.54 Å². The molecule has 0 saturated carbocycles. The van der Waals surface area contributed by atoms with E-state index < -0.39 is 0 Å². The van der Waals surface area contributed by atoms with Crippen molar-refractivity contribution in [3.05, 3.63) is 18.0 Å². The van der Waals surface area contributed by atoms with Gasteiger partial charge in [-0.05, 0) is 26.3 Å². The third kappa shape index (κ3) is 3.80. The number of carbonyl (C=O) groups excluding carboxylic acids is 1. The molecule has 0 bridgehead atoms. The Morgan fingerprint density at radius 1 is 1.38 bits per heavy atom. The van der Waals surface area contributed by atoms with Crippen LogP contribution in [0.4, 0.5) is 4.79 Å². The Labute approximate surface area is 122 Å². The van der Waals surface area contributed by atoms with E-state index in [9.17, 15) is 4.79 Å². The van der Waals surface area contributed by atoms with Crippen LogP contribution in [0.1, 0.15) is 33.0 Å². The van der Waals surface area contributed by atoms with Crippen LogP contribution >= 0.6 is 0 Å². The van der Waals surface area contributed by atoms with Crippen molar-refractivity contribution < 1.29 is 9.53 Å². The standard InChI is InChI=1S/C13H20N6O2/c1-4-9(3)15-13(20)14-8-11-17-16-10-6-7-12(21-5-2)18-19(10)11/h6-7,9H,4-5,8H2,1-3H3,(H2,14,15,20). The molecule has 2 N–H and O–H groups in total. The maximum Gasteiger partial charge on any atom is 0.315 e. The van der Waals surface area contributed by atoms with Crippen molar-refractivity contribution in [1.82, 2.24) is 30.4 Å². The summed E-state index contributed by atoms with van der Waals surface area (Å²) in [7, 11) is 0. The highest BCUT2D eigenvalue weighted by atomic mass is 16.5. The van der Waals surface area contributed by atoms with Gasteiger partial charge in [-0.2, -0.15) is 4.52 Å². The number of fused-ring (bicyclic) bond motifs is 1. The molecular weight excluding hydrogens is 272 g/mol. The van der Waals surface area contributed by atoms with Gasteiger partial charge in [0.1, 0.15) is 0 Å². The summed E-state index contributed by atoms with van der Waals surface area (Å²) in [6.45, 7) is 6.62. The fourth-order valence-corrected chi connectivity index (χ4v) is 1.69. The van der Waals surface area contributed by atoms with Crippen LogP contribution < -0.4 is 15.4 Å². The summed E-state index contributed by atoms with van der Waals surface area (Å²) in [4.78, 5) is 11.7. The monoisotopic (exact) mass is 292 g/mol. The molecular formula is C13H20N6O2. The number of nitrogens with one attached hydrogen (secondary N) is 2. The van der Waals surface area contributed by atoms with E-state index in [2.05, 4.69) is 25.9 Å².